The average Bonchev–Trinajstić information content (AvgIpc) is 2.97. The van der Waals surface area contributed by atoms with Gasteiger partial charge in [-0.05, 0) is 59.7 Å². The van der Waals surface area contributed by atoms with Gasteiger partial charge < -0.3 is 14.2 Å². The van der Waals surface area contributed by atoms with E-state index in [1.54, 1.807) is 59.7 Å². The Hall–Kier alpha value is -3.48. The lowest BCUT2D eigenvalue weighted by molar-refractivity contribution is 0.0185. The van der Waals surface area contributed by atoms with Crippen LogP contribution in [0.5, 0.6) is 5.88 Å². The van der Waals surface area contributed by atoms with Crippen LogP contribution in [0, 0.1) is 0 Å². The molecular formula is C24H28N2O5. The number of para-hydroxylation sites is 2. The minimum Gasteiger partial charge on any atom is -0.442 e. The average molecular weight is 424 g/mol. The van der Waals surface area contributed by atoms with Crippen LogP contribution < -0.4 is 9.75 Å². The Balaban J connectivity index is 2.15. The van der Waals surface area contributed by atoms with Crippen molar-refractivity contribution in [2.45, 2.75) is 52.7 Å². The summed E-state index contributed by atoms with van der Waals surface area (Å²) in [5.74, 6) is 0.130. The second-order valence-corrected chi connectivity index (χ2v) is 9.05. The van der Waals surface area contributed by atoms with Crippen molar-refractivity contribution in [1.82, 2.24) is 4.68 Å². The first-order chi connectivity index (χ1) is 14.4. The molecule has 0 spiro atoms. The van der Waals surface area contributed by atoms with Crippen LogP contribution >= 0.6 is 0 Å². The van der Waals surface area contributed by atoms with Crippen LogP contribution in [-0.2, 0) is 9.47 Å². The minimum atomic E-state index is -0.867. The lowest BCUT2D eigenvalue weighted by Crippen LogP contribution is -2.40. The smallest absolute Gasteiger partial charge is 0.442 e. The zero-order chi connectivity index (χ0) is 22.8. The normalized spacial score (nSPS) is 11.8. The maximum atomic E-state index is 13.3. The summed E-state index contributed by atoms with van der Waals surface area (Å²) in [6.45, 7) is 10.6. The van der Waals surface area contributed by atoms with Crippen LogP contribution in [0.1, 0.15) is 41.5 Å². The standard InChI is InChI=1S/C24H28N2O5/c1-23(2,3)30-21(27)25(18-13-8-7-9-14-18)26-19-15-11-10-12-17(19)16-20(26)29-22(28)31-24(4,5)6/h7-16H,1-6H3. The van der Waals surface area contributed by atoms with Crippen LogP contribution in [0.3, 0.4) is 0 Å². The van der Waals surface area contributed by atoms with Gasteiger partial charge in [-0.3, -0.25) is 0 Å². The first-order valence-corrected chi connectivity index (χ1v) is 10.0. The van der Waals surface area contributed by atoms with Crippen LogP contribution in [-0.4, -0.2) is 28.1 Å². The highest BCUT2D eigenvalue weighted by Crippen LogP contribution is 2.31. The zero-order valence-corrected chi connectivity index (χ0v) is 18.7. The number of nitrogens with zero attached hydrogens (tertiary/aromatic N) is 2. The van der Waals surface area contributed by atoms with E-state index in [2.05, 4.69) is 0 Å². The minimum absolute atomic E-state index is 0.130. The van der Waals surface area contributed by atoms with E-state index in [0.29, 0.717) is 11.2 Å². The van der Waals surface area contributed by atoms with Crippen molar-refractivity contribution in [3.8, 4) is 5.88 Å². The predicted molar refractivity (Wildman–Crippen MR) is 119 cm³/mol. The highest BCUT2D eigenvalue weighted by atomic mass is 16.7. The monoisotopic (exact) mass is 424 g/mol. The molecule has 7 nitrogen and oxygen atoms in total. The summed E-state index contributed by atoms with van der Waals surface area (Å²) in [7, 11) is 0. The molecule has 0 radical (unpaired) electrons. The van der Waals surface area contributed by atoms with Gasteiger partial charge in [0.05, 0.1) is 11.2 Å². The van der Waals surface area contributed by atoms with Crippen molar-refractivity contribution in [2.24, 2.45) is 0 Å². The molecule has 0 atom stereocenters. The maximum absolute atomic E-state index is 13.3. The third-order valence-electron chi connectivity index (χ3n) is 4.00. The van der Waals surface area contributed by atoms with Crippen LogP contribution in [0.4, 0.5) is 15.3 Å². The molecule has 0 fully saturated rings. The largest absolute Gasteiger partial charge is 0.515 e. The van der Waals surface area contributed by atoms with Gasteiger partial charge in [0, 0.05) is 11.5 Å². The summed E-state index contributed by atoms with van der Waals surface area (Å²) in [4.78, 5) is 25.7. The number of fused-ring (bicyclic) bond motifs is 1. The third kappa shape index (κ3) is 5.57. The molecule has 1 heterocycles. The summed E-state index contributed by atoms with van der Waals surface area (Å²) in [5, 5.41) is 2.12. The number of rotatable bonds is 3. The molecule has 0 saturated heterocycles. The predicted octanol–water partition coefficient (Wildman–Crippen LogP) is 6.16. The fraction of sp³-hybridized carbons (Fsp3) is 0.333. The number of carbonyl (C=O) groups excluding carboxylic acids is 2. The molecule has 0 saturated carbocycles. The molecule has 3 rings (SSSR count). The zero-order valence-electron chi connectivity index (χ0n) is 18.7. The molecule has 1 amide bonds. The van der Waals surface area contributed by atoms with Gasteiger partial charge in [0.15, 0.2) is 0 Å². The SMILES string of the molecule is CC(C)(C)OC(=O)Oc1cc2ccccc2n1N(C(=O)OC(C)(C)C)c1ccccc1. The number of benzene rings is 2. The number of hydrogen-bond acceptors (Lipinski definition) is 5. The topological polar surface area (TPSA) is 70.0 Å². The van der Waals surface area contributed by atoms with Crippen molar-refractivity contribution in [1.29, 1.82) is 0 Å². The Labute approximate surface area is 182 Å². The van der Waals surface area contributed by atoms with E-state index in [1.165, 1.54) is 9.69 Å². The Kier molecular flexibility index (Phi) is 5.97. The molecule has 31 heavy (non-hydrogen) atoms. The second kappa shape index (κ2) is 8.34. The van der Waals surface area contributed by atoms with Crippen molar-refractivity contribution >= 4 is 28.8 Å². The Morgan fingerprint density at radius 3 is 2.00 bits per heavy atom. The van der Waals surface area contributed by atoms with Crippen molar-refractivity contribution in [2.75, 3.05) is 5.01 Å². The van der Waals surface area contributed by atoms with E-state index < -0.39 is 23.5 Å². The summed E-state index contributed by atoms with van der Waals surface area (Å²) in [6.07, 6.45) is -1.48. The van der Waals surface area contributed by atoms with Gasteiger partial charge in [0.25, 0.3) is 0 Å². The van der Waals surface area contributed by atoms with Gasteiger partial charge in [-0.2, -0.15) is 5.01 Å². The number of aromatic nitrogens is 1. The summed E-state index contributed by atoms with van der Waals surface area (Å²) in [6, 6.07) is 18.1. The van der Waals surface area contributed by atoms with Gasteiger partial charge in [0.1, 0.15) is 11.2 Å². The molecule has 0 aliphatic heterocycles. The molecular weight excluding hydrogens is 396 g/mol. The van der Waals surface area contributed by atoms with E-state index in [0.717, 1.165) is 5.39 Å². The molecule has 0 aliphatic rings. The molecule has 0 N–H and O–H groups in total. The molecule has 0 unspecified atom stereocenters. The summed E-state index contributed by atoms with van der Waals surface area (Å²) < 4.78 is 18.0. The van der Waals surface area contributed by atoms with Gasteiger partial charge in [-0.25, -0.2) is 14.3 Å². The number of ether oxygens (including phenoxy) is 3. The van der Waals surface area contributed by atoms with Crippen molar-refractivity contribution < 1.29 is 23.8 Å². The number of anilines is 1. The van der Waals surface area contributed by atoms with E-state index >= 15 is 0 Å². The van der Waals surface area contributed by atoms with Gasteiger partial charge in [-0.15, -0.1) is 0 Å². The second-order valence-electron chi connectivity index (χ2n) is 9.05. The highest BCUT2D eigenvalue weighted by molar-refractivity contribution is 5.92. The van der Waals surface area contributed by atoms with E-state index in [-0.39, 0.29) is 5.88 Å². The van der Waals surface area contributed by atoms with E-state index in [9.17, 15) is 9.59 Å². The maximum Gasteiger partial charge on any atom is 0.515 e. The fourth-order valence-electron chi connectivity index (χ4n) is 2.93. The molecule has 0 bridgehead atoms. The van der Waals surface area contributed by atoms with E-state index in [1.807, 2.05) is 42.5 Å². The quantitative estimate of drug-likeness (QED) is 0.471. The molecule has 3 aromatic rings. The Bertz CT molecular complexity index is 1070. The summed E-state index contributed by atoms with van der Waals surface area (Å²) >= 11 is 0. The molecule has 0 aliphatic carbocycles. The van der Waals surface area contributed by atoms with Crippen LogP contribution in [0.2, 0.25) is 0 Å². The third-order valence-corrected chi connectivity index (χ3v) is 4.00. The summed E-state index contributed by atoms with van der Waals surface area (Å²) in [5.41, 5.74) is -0.236. The van der Waals surface area contributed by atoms with Gasteiger partial charge in [0.2, 0.25) is 5.88 Å². The molecule has 7 heteroatoms. The lowest BCUT2D eigenvalue weighted by Gasteiger charge is -2.29. The molecule has 164 valence electrons. The van der Waals surface area contributed by atoms with Crippen LogP contribution in [0.25, 0.3) is 10.9 Å². The first-order valence-electron chi connectivity index (χ1n) is 10.0. The van der Waals surface area contributed by atoms with Gasteiger partial charge in [-0.1, -0.05) is 36.4 Å². The number of carbonyl (C=O) groups is 2. The molecule has 2 aromatic carbocycles. The first kappa shape index (κ1) is 22.2. The van der Waals surface area contributed by atoms with Crippen LogP contribution in [0.15, 0.2) is 60.7 Å². The Morgan fingerprint density at radius 2 is 1.39 bits per heavy atom. The Morgan fingerprint density at radius 1 is 0.806 bits per heavy atom. The number of amides is 1. The van der Waals surface area contributed by atoms with Crippen molar-refractivity contribution in [3.05, 3.63) is 60.7 Å². The van der Waals surface area contributed by atoms with Crippen molar-refractivity contribution in [3.63, 3.8) is 0 Å². The molecule has 1 aromatic heterocycles. The van der Waals surface area contributed by atoms with Gasteiger partial charge >= 0.3 is 12.2 Å². The highest BCUT2D eigenvalue weighted by Gasteiger charge is 2.30. The fourth-order valence-corrected chi connectivity index (χ4v) is 2.93. The van der Waals surface area contributed by atoms with E-state index in [4.69, 9.17) is 14.2 Å². The lowest BCUT2D eigenvalue weighted by atomic mass is 10.2. The number of hydrogen-bond donors (Lipinski definition) is 0.